The molecule has 3 rings (SSSR count). The molecule has 0 spiro atoms. The van der Waals surface area contributed by atoms with Crippen molar-refractivity contribution in [3.63, 3.8) is 0 Å². The third kappa shape index (κ3) is 3.68. The summed E-state index contributed by atoms with van der Waals surface area (Å²) >= 11 is 5.03. The van der Waals surface area contributed by atoms with E-state index in [-0.39, 0.29) is 0 Å². The third-order valence-corrected chi connectivity index (χ3v) is 4.85. The topological polar surface area (TPSA) is 29.6 Å². The van der Waals surface area contributed by atoms with Crippen molar-refractivity contribution in [1.29, 1.82) is 0 Å². The van der Waals surface area contributed by atoms with Gasteiger partial charge in [0.2, 0.25) is 4.80 Å². The second-order valence-corrected chi connectivity index (χ2v) is 6.85. The highest BCUT2D eigenvalue weighted by atomic mass is 79.9. The summed E-state index contributed by atoms with van der Waals surface area (Å²) < 4.78 is 2.94. The van der Waals surface area contributed by atoms with Gasteiger partial charge in [0.1, 0.15) is 0 Å². The first-order valence-electron chi connectivity index (χ1n) is 7.18. The summed E-state index contributed by atoms with van der Waals surface area (Å²) in [6.07, 6.45) is 1.85. The fourth-order valence-electron chi connectivity index (χ4n) is 2.16. The van der Waals surface area contributed by atoms with Gasteiger partial charge in [-0.1, -0.05) is 57.9 Å². The van der Waals surface area contributed by atoms with Gasteiger partial charge in [0.05, 0.1) is 11.9 Å². The first-order valence-corrected chi connectivity index (χ1v) is 8.85. The molecule has 0 unspecified atom stereocenters. The van der Waals surface area contributed by atoms with E-state index in [1.807, 2.05) is 35.2 Å². The summed E-state index contributed by atoms with van der Waals surface area (Å²) in [4.78, 5) is 5.19. The average Bonchev–Trinajstić information content (AvgIpc) is 2.98. The van der Waals surface area contributed by atoms with E-state index in [9.17, 15) is 0 Å². The number of aryl methyl sites for hydroxylation is 1. The van der Waals surface area contributed by atoms with E-state index in [0.717, 1.165) is 26.1 Å². The van der Waals surface area contributed by atoms with Crippen molar-refractivity contribution in [2.75, 3.05) is 7.05 Å². The molecular formula is C18H16BrN3S. The smallest absolute Gasteiger partial charge is 0.205 e. The highest BCUT2D eigenvalue weighted by Gasteiger charge is 2.06. The van der Waals surface area contributed by atoms with Crippen molar-refractivity contribution in [3.05, 3.63) is 74.3 Å². The van der Waals surface area contributed by atoms with Crippen LogP contribution < -0.4 is 4.80 Å². The predicted molar refractivity (Wildman–Crippen MR) is 101 cm³/mol. The molecule has 116 valence electrons. The maximum Gasteiger partial charge on any atom is 0.205 e. The van der Waals surface area contributed by atoms with E-state index in [2.05, 4.69) is 62.6 Å². The van der Waals surface area contributed by atoms with Gasteiger partial charge in [-0.15, -0.1) is 11.3 Å². The van der Waals surface area contributed by atoms with Crippen LogP contribution in [0.15, 0.2) is 68.5 Å². The van der Waals surface area contributed by atoms with Gasteiger partial charge in [-0.25, -0.2) is 4.68 Å². The summed E-state index contributed by atoms with van der Waals surface area (Å²) in [5.41, 5.74) is 4.47. The predicted octanol–water partition coefficient (Wildman–Crippen LogP) is 4.70. The van der Waals surface area contributed by atoms with Crippen LogP contribution >= 0.6 is 27.3 Å². The molecule has 1 heterocycles. The largest absolute Gasteiger partial charge is 0.261 e. The molecule has 0 N–H and O–H groups in total. The van der Waals surface area contributed by atoms with Gasteiger partial charge >= 0.3 is 0 Å². The van der Waals surface area contributed by atoms with Crippen molar-refractivity contribution >= 4 is 33.5 Å². The number of hydrogen-bond donors (Lipinski definition) is 0. The Bertz CT molecular complexity index is 887. The van der Waals surface area contributed by atoms with Crippen LogP contribution in [0.3, 0.4) is 0 Å². The van der Waals surface area contributed by atoms with Crippen LogP contribution in [0.5, 0.6) is 0 Å². The molecule has 23 heavy (non-hydrogen) atoms. The summed E-state index contributed by atoms with van der Waals surface area (Å²) in [5.74, 6) is 0. The van der Waals surface area contributed by atoms with Gasteiger partial charge in [-0.3, -0.25) is 4.99 Å². The van der Waals surface area contributed by atoms with Crippen molar-refractivity contribution in [3.8, 4) is 11.3 Å². The summed E-state index contributed by atoms with van der Waals surface area (Å²) in [5, 5.41) is 6.72. The Hall–Kier alpha value is -1.98. The first kappa shape index (κ1) is 15.9. The summed E-state index contributed by atoms with van der Waals surface area (Å²) in [6.45, 7) is 2.09. The van der Waals surface area contributed by atoms with Gasteiger partial charge in [0.25, 0.3) is 0 Å². The van der Waals surface area contributed by atoms with Crippen LogP contribution in [-0.2, 0) is 0 Å². The van der Waals surface area contributed by atoms with Gasteiger partial charge in [0.15, 0.2) is 0 Å². The summed E-state index contributed by atoms with van der Waals surface area (Å²) in [7, 11) is 1.79. The molecular weight excluding hydrogens is 370 g/mol. The maximum absolute atomic E-state index is 4.63. The van der Waals surface area contributed by atoms with E-state index >= 15 is 0 Å². The normalized spacial score (nSPS) is 12.2. The van der Waals surface area contributed by atoms with Crippen molar-refractivity contribution in [1.82, 2.24) is 4.68 Å². The molecule has 0 radical (unpaired) electrons. The molecule has 2 aromatic carbocycles. The zero-order chi connectivity index (χ0) is 16.2. The van der Waals surface area contributed by atoms with E-state index in [4.69, 9.17) is 0 Å². The first-order chi connectivity index (χ1) is 11.2. The number of nitrogens with zero attached hydrogens (tertiary/aromatic N) is 3. The molecule has 3 aromatic rings. The number of benzene rings is 2. The minimum Gasteiger partial charge on any atom is -0.261 e. The Morgan fingerprint density at radius 2 is 1.74 bits per heavy atom. The maximum atomic E-state index is 4.63. The van der Waals surface area contributed by atoms with E-state index < -0.39 is 0 Å². The number of hydrogen-bond acceptors (Lipinski definition) is 3. The van der Waals surface area contributed by atoms with Gasteiger partial charge in [0, 0.05) is 22.5 Å². The molecule has 0 saturated carbocycles. The van der Waals surface area contributed by atoms with Gasteiger partial charge in [-0.05, 0) is 24.6 Å². The number of thiazole rings is 1. The second-order valence-electron chi connectivity index (χ2n) is 5.10. The van der Waals surface area contributed by atoms with Crippen LogP contribution in [0.2, 0.25) is 0 Å². The molecule has 3 nitrogen and oxygen atoms in total. The van der Waals surface area contributed by atoms with Gasteiger partial charge in [-0.2, -0.15) is 5.10 Å². The molecule has 0 aliphatic rings. The Morgan fingerprint density at radius 3 is 2.39 bits per heavy atom. The van der Waals surface area contributed by atoms with Crippen LogP contribution in [0.1, 0.15) is 11.1 Å². The zero-order valence-corrected chi connectivity index (χ0v) is 15.3. The molecule has 0 aliphatic carbocycles. The second kappa shape index (κ2) is 7.06. The third-order valence-electron chi connectivity index (χ3n) is 3.42. The van der Waals surface area contributed by atoms with E-state index in [1.165, 1.54) is 5.56 Å². The highest BCUT2D eigenvalue weighted by Crippen LogP contribution is 2.20. The van der Waals surface area contributed by atoms with Crippen LogP contribution in [0.4, 0.5) is 0 Å². The molecule has 0 amide bonds. The molecule has 1 aromatic heterocycles. The molecule has 0 atom stereocenters. The van der Waals surface area contributed by atoms with Crippen molar-refractivity contribution in [2.24, 2.45) is 10.1 Å². The average molecular weight is 386 g/mol. The zero-order valence-electron chi connectivity index (χ0n) is 12.9. The lowest BCUT2D eigenvalue weighted by Crippen LogP contribution is -2.11. The molecule has 0 bridgehead atoms. The van der Waals surface area contributed by atoms with Crippen molar-refractivity contribution < 1.29 is 0 Å². The molecule has 0 fully saturated rings. The Labute approximate surface area is 147 Å². The number of rotatable bonds is 3. The lowest BCUT2D eigenvalue weighted by atomic mass is 10.1. The van der Waals surface area contributed by atoms with Crippen molar-refractivity contribution in [2.45, 2.75) is 6.92 Å². The van der Waals surface area contributed by atoms with Crippen LogP contribution in [0, 0.1) is 6.92 Å². The lowest BCUT2D eigenvalue weighted by molar-refractivity contribution is 0.848. The van der Waals surface area contributed by atoms with Gasteiger partial charge < -0.3 is 0 Å². The van der Waals surface area contributed by atoms with E-state index in [0.29, 0.717) is 0 Å². The Kier molecular flexibility index (Phi) is 4.88. The van der Waals surface area contributed by atoms with Crippen LogP contribution in [-0.4, -0.2) is 17.9 Å². The lowest BCUT2D eigenvalue weighted by Gasteiger charge is -2.04. The fourth-order valence-corrected chi connectivity index (χ4v) is 3.23. The van der Waals surface area contributed by atoms with Crippen LogP contribution in [0.25, 0.3) is 11.3 Å². The minimum absolute atomic E-state index is 0.869. The SMILES string of the molecule is CN=c1scc(-c2ccc(C)cc2)n1N=Cc1ccc(Br)cc1. The fraction of sp³-hybridized carbons (Fsp3) is 0.111. The standard InChI is InChI=1S/C18H16BrN3S/c1-13-3-7-15(8-4-13)17-12-23-18(20-2)22(17)21-11-14-5-9-16(19)10-6-14/h3-12H,1-2H3. The Morgan fingerprint density at radius 1 is 1.04 bits per heavy atom. The highest BCUT2D eigenvalue weighted by molar-refractivity contribution is 9.10. The monoisotopic (exact) mass is 385 g/mol. The molecule has 5 heteroatoms. The van der Waals surface area contributed by atoms with E-state index in [1.54, 1.807) is 18.4 Å². The number of halogens is 1. The molecule has 0 aliphatic heterocycles. The quantitative estimate of drug-likeness (QED) is 0.584. The molecule has 0 saturated heterocycles. The minimum atomic E-state index is 0.869. The summed E-state index contributed by atoms with van der Waals surface area (Å²) in [6, 6.07) is 16.5. The Balaban J connectivity index is 2.02. The number of aromatic nitrogens is 1.